The summed E-state index contributed by atoms with van der Waals surface area (Å²) in [7, 11) is 0. The number of rotatable bonds is 59. The van der Waals surface area contributed by atoms with E-state index in [2.05, 4.69) is 65.4 Å². The molecule has 1 aliphatic rings. The number of nitrogens with zero attached hydrogens (tertiary/aromatic N) is 1. The molecular formula is C75H125N13O19S2. The third-order valence-corrected chi connectivity index (χ3v) is 20.0. The molecule has 0 aliphatic carbocycles. The Bertz CT molecular complexity index is 3080. The molecule has 17 N–H and O–H groups in total. The van der Waals surface area contributed by atoms with Crippen LogP contribution in [0.4, 0.5) is 0 Å². The van der Waals surface area contributed by atoms with Gasteiger partial charge in [-0.15, -0.1) is 0 Å². The molecule has 0 radical (unpaired) electrons. The van der Waals surface area contributed by atoms with Crippen LogP contribution in [-0.4, -0.2) is 230 Å². The first kappa shape index (κ1) is 97.0. The Morgan fingerprint density at radius 1 is 0.523 bits per heavy atom. The van der Waals surface area contributed by atoms with Gasteiger partial charge in [0.15, 0.2) is 5.78 Å². The van der Waals surface area contributed by atoms with Crippen molar-refractivity contribution >= 4 is 112 Å². The lowest BCUT2D eigenvalue weighted by Crippen LogP contribution is -2.61. The van der Waals surface area contributed by atoms with Crippen molar-refractivity contribution in [3.05, 3.63) is 29.8 Å². The molecule has 616 valence electrons. The number of aromatic hydroxyl groups is 1. The van der Waals surface area contributed by atoms with E-state index in [1.54, 1.807) is 13.2 Å². The predicted molar refractivity (Wildman–Crippen MR) is 415 cm³/mol. The number of aliphatic hydroxyl groups excluding tert-OH is 2. The van der Waals surface area contributed by atoms with Crippen LogP contribution < -0.4 is 64.2 Å². The highest BCUT2D eigenvalue weighted by molar-refractivity contribution is 7.98. The maximum absolute atomic E-state index is 14.4. The van der Waals surface area contributed by atoms with Crippen molar-refractivity contribution in [3.8, 4) is 5.75 Å². The number of benzene rings is 1. The molecule has 0 bridgehead atoms. The molecule has 1 fully saturated rings. The van der Waals surface area contributed by atoms with Gasteiger partial charge < -0.3 is 89.5 Å². The molecule has 2 rings (SSSR count). The van der Waals surface area contributed by atoms with Gasteiger partial charge in [-0.25, -0.2) is 0 Å². The van der Waals surface area contributed by atoms with Gasteiger partial charge in [-0.05, 0) is 114 Å². The molecule has 0 aromatic heterocycles. The summed E-state index contributed by atoms with van der Waals surface area (Å²) in [4.78, 5) is 204. The summed E-state index contributed by atoms with van der Waals surface area (Å²) in [5.41, 5.74) is 5.99. The lowest BCUT2D eigenvalue weighted by atomic mass is 10.0. The minimum absolute atomic E-state index is 0.0257. The summed E-state index contributed by atoms with van der Waals surface area (Å²) in [6.07, 6.45) is 18.2. The van der Waals surface area contributed by atoms with Crippen molar-refractivity contribution < 1.29 is 92.3 Å². The van der Waals surface area contributed by atoms with E-state index in [9.17, 15) is 92.3 Å². The molecule has 1 heterocycles. The number of carboxylic acid groups (broad SMARTS) is 1. The molecule has 32 nitrogen and oxygen atoms in total. The van der Waals surface area contributed by atoms with Gasteiger partial charge in [-0.2, -0.15) is 23.5 Å². The molecule has 13 atom stereocenters. The highest BCUT2D eigenvalue weighted by Gasteiger charge is 2.45. The normalized spacial score (nSPS) is 16.3. The smallest absolute Gasteiger partial charge is 0.305 e. The Morgan fingerprint density at radius 2 is 0.991 bits per heavy atom. The number of phenolic OH excluding ortho intramolecular Hbond substituents is 1. The summed E-state index contributed by atoms with van der Waals surface area (Å²) in [5.74, 6) is -12.2. The molecule has 1 saturated heterocycles. The fourth-order valence-electron chi connectivity index (χ4n) is 12.3. The number of nitrogens with two attached hydrogens (primary N) is 1. The number of aliphatic carboxylic acids is 1. The fourth-order valence-corrected chi connectivity index (χ4v) is 13.2. The van der Waals surface area contributed by atoms with Gasteiger partial charge >= 0.3 is 5.97 Å². The van der Waals surface area contributed by atoms with Crippen LogP contribution in [0.3, 0.4) is 0 Å². The number of nitrogens with one attached hydrogen (secondary N) is 11. The van der Waals surface area contributed by atoms with Gasteiger partial charge in [-0.3, -0.25) is 71.9 Å². The van der Waals surface area contributed by atoms with Crippen molar-refractivity contribution in [2.24, 2.45) is 5.73 Å². The molecule has 13 amide bonds. The number of hydrogen-bond donors (Lipinski definition) is 16. The molecule has 0 saturated carbocycles. The molecule has 34 heteroatoms. The van der Waals surface area contributed by atoms with Crippen molar-refractivity contribution in [1.82, 2.24) is 63.4 Å². The van der Waals surface area contributed by atoms with Crippen molar-refractivity contribution in [3.63, 3.8) is 0 Å². The number of phenols is 1. The Labute approximate surface area is 650 Å². The van der Waals surface area contributed by atoms with E-state index in [4.69, 9.17) is 5.73 Å². The van der Waals surface area contributed by atoms with Crippen LogP contribution in [0.5, 0.6) is 5.75 Å². The number of carbonyl (C=O) groups excluding carboxylic acids is 14. The Morgan fingerprint density at radius 3 is 1.51 bits per heavy atom. The van der Waals surface area contributed by atoms with Crippen LogP contribution in [0.1, 0.15) is 227 Å². The largest absolute Gasteiger partial charge is 0.508 e. The van der Waals surface area contributed by atoms with E-state index in [-0.39, 0.29) is 68.8 Å². The molecule has 1 aromatic carbocycles. The van der Waals surface area contributed by atoms with E-state index >= 15 is 0 Å². The van der Waals surface area contributed by atoms with E-state index in [1.807, 2.05) is 20.1 Å². The van der Waals surface area contributed by atoms with Crippen LogP contribution in [0.25, 0.3) is 0 Å². The minimum Gasteiger partial charge on any atom is -0.508 e. The maximum Gasteiger partial charge on any atom is 0.305 e. The highest BCUT2D eigenvalue weighted by Crippen LogP contribution is 2.26. The second-order valence-corrected chi connectivity index (χ2v) is 30.1. The van der Waals surface area contributed by atoms with Gasteiger partial charge in [0, 0.05) is 25.3 Å². The number of amides is 13. The zero-order valence-corrected chi connectivity index (χ0v) is 66.8. The number of carbonyl (C=O) groups is 15. The molecule has 109 heavy (non-hydrogen) atoms. The van der Waals surface area contributed by atoms with Crippen molar-refractivity contribution in [2.75, 3.05) is 37.2 Å². The van der Waals surface area contributed by atoms with Gasteiger partial charge in [0.25, 0.3) is 0 Å². The lowest BCUT2D eigenvalue weighted by Gasteiger charge is -2.32. The van der Waals surface area contributed by atoms with Crippen LogP contribution in [-0.2, 0) is 78.3 Å². The first-order chi connectivity index (χ1) is 51.9. The van der Waals surface area contributed by atoms with Crippen LogP contribution in [0.15, 0.2) is 24.3 Å². The quantitative estimate of drug-likeness (QED) is 0.0416. The van der Waals surface area contributed by atoms with Crippen LogP contribution >= 0.6 is 23.5 Å². The molecule has 1 aliphatic heterocycles. The zero-order valence-electron chi connectivity index (χ0n) is 65.2. The monoisotopic (exact) mass is 1580 g/mol. The summed E-state index contributed by atoms with van der Waals surface area (Å²) in [6.45, 7) is 9.50. The number of Topliss-reactive ketones (excluding diaryl/α,β-unsaturated/α-hetero) is 1. The molecule has 0 spiro atoms. The Hall–Kier alpha value is -8.11. The van der Waals surface area contributed by atoms with Crippen molar-refractivity contribution in [2.45, 2.75) is 307 Å². The van der Waals surface area contributed by atoms with Crippen LogP contribution in [0.2, 0.25) is 0 Å². The SMILES string of the molecule is CCCCCCCCCCCCCCCC(=O)N[C@@H](CCSC)C(=O)NCC(=O)N[C@@H](Cc1ccc(O)cc1)C(=O)N[C@@H](CCC(N)=O)C(=O)N[C@@H](CCCCC)C(=O)N[C@@H](C)C(=O)N[C@H]1CC(C)N([C@@H](CCCC)C(=O)N[C@@H](CO)C(=O)N[C@@H](CCSC)C(=O)N[C@H](C(=O)N[C@@H](CC(=O)O)C(C)=O)[C@@H](C)O)C1=O. The number of unbranched alkanes of at least 4 members (excludes halogenated alkanes) is 15. The summed E-state index contributed by atoms with van der Waals surface area (Å²) in [6, 6.07) is -10.5. The van der Waals surface area contributed by atoms with Gasteiger partial charge in [0.05, 0.1) is 31.7 Å². The number of thioether (sulfide) groups is 2. The Balaban J connectivity index is 2.27. The first-order valence-electron chi connectivity index (χ1n) is 38.5. The highest BCUT2D eigenvalue weighted by atomic mass is 32.2. The predicted octanol–water partition coefficient (Wildman–Crippen LogP) is 2.37. The average molecular weight is 1580 g/mol. The molecule has 1 unspecified atom stereocenters. The lowest BCUT2D eigenvalue weighted by molar-refractivity contribution is -0.142. The third kappa shape index (κ3) is 38.4. The number of primary amides is 1. The second-order valence-electron chi connectivity index (χ2n) is 28.1. The number of aliphatic hydroxyl groups is 2. The van der Waals surface area contributed by atoms with Crippen LogP contribution in [0, 0.1) is 0 Å². The van der Waals surface area contributed by atoms with E-state index in [0.29, 0.717) is 49.8 Å². The van der Waals surface area contributed by atoms with Gasteiger partial charge in [0.2, 0.25) is 76.8 Å². The Kier molecular flexibility index (Phi) is 48.5. The topological polar surface area (TPSA) is 499 Å². The van der Waals surface area contributed by atoms with E-state index in [0.717, 1.165) is 39.5 Å². The number of ketones is 1. The molecular weight excluding hydrogens is 1450 g/mol. The second kappa shape index (κ2) is 54.5. The van der Waals surface area contributed by atoms with Gasteiger partial charge in [-0.1, -0.05) is 142 Å². The van der Waals surface area contributed by atoms with Gasteiger partial charge in [0.1, 0.15) is 66.2 Å². The minimum atomic E-state index is -1.73. The summed E-state index contributed by atoms with van der Waals surface area (Å²) < 4.78 is 0. The molecule has 1 aromatic rings. The first-order valence-corrected chi connectivity index (χ1v) is 41.3. The average Bonchev–Trinajstić information content (AvgIpc) is 1.66. The zero-order chi connectivity index (χ0) is 81.5. The standard InChI is InChI=1S/C75H125N13O19S2/c1-10-13-16-17-18-19-20-21-22-23-24-25-27-30-62(94)79-54(37-39-108-8)67(99)77-44-63(95)80-57(42-50-31-33-51(92)34-32-50)71(103)82-53(35-36-61(76)93)69(101)81-52(28-26-14-11-2)68(100)78-47(5)66(98)85-58-41-46(4)88(75(58)107)60(29-15-12-3)73(105)86-59(45-89)72(104)83-55(38-40-109-9)70(102)87-65(49(7)91)74(106)84-56(48(6)90)43-64(96)97/h31-34,46-47,49,52-60,65,89,91-92H,10-30,35-45H2,1-9H3,(H2,76,93)(H,77,99)(H,78,100)(H,79,94)(H,80,95)(H,81,101)(H,82,103)(H,83,104)(H,84,106)(H,85,98)(H,86,105)(H,87,102)(H,96,97)/t46?,47-,49+,52-,53-,54-,55-,56-,57-,58-,59-,60-,65-/m0/s1. The summed E-state index contributed by atoms with van der Waals surface area (Å²) >= 11 is 2.76. The third-order valence-electron chi connectivity index (χ3n) is 18.7. The maximum atomic E-state index is 14.4. The number of carboxylic acids is 1. The van der Waals surface area contributed by atoms with E-state index < -0.39 is 187 Å². The summed E-state index contributed by atoms with van der Waals surface area (Å²) in [5, 5.41) is 68.2. The van der Waals surface area contributed by atoms with Crippen molar-refractivity contribution in [1.29, 1.82) is 0 Å². The number of hydrogen-bond acceptors (Lipinski definition) is 20. The number of likely N-dealkylation sites (tertiary alicyclic amines) is 1. The fraction of sp³-hybridized carbons (Fsp3) is 0.720. The van der Waals surface area contributed by atoms with E-state index in [1.165, 1.54) is 111 Å².